The third kappa shape index (κ3) is 4.33. The molecule has 1 aromatic rings. The van der Waals surface area contributed by atoms with E-state index >= 15 is 0 Å². The summed E-state index contributed by atoms with van der Waals surface area (Å²) >= 11 is 0. The highest BCUT2D eigenvalue weighted by Gasteiger charge is 2.71. The molecule has 0 aliphatic heterocycles. The Hall–Kier alpha value is -1.61. The van der Waals surface area contributed by atoms with Gasteiger partial charge in [-0.1, -0.05) is 78.8 Å². The average Bonchev–Trinajstić information content (AvgIpc) is 3.35. The first kappa shape index (κ1) is 30.4. The second-order valence-corrected chi connectivity index (χ2v) is 17.2. The number of aliphatic hydroxyl groups is 1. The van der Waals surface area contributed by atoms with E-state index in [1.807, 2.05) is 36.4 Å². The highest BCUT2D eigenvalue weighted by Crippen LogP contribution is 2.77. The molecule has 5 aliphatic carbocycles. The fraction of sp³-hybridized carbons (Fsp3) is 0.769. The average molecular weight is 575 g/mol. The molecule has 0 bridgehead atoms. The molecule has 6 rings (SSSR count). The lowest BCUT2D eigenvalue weighted by Gasteiger charge is -2.73. The highest BCUT2D eigenvalue weighted by atomic mass is 16.5. The van der Waals surface area contributed by atoms with E-state index in [0.29, 0.717) is 41.1 Å². The molecule has 0 saturated heterocycles. The molecular weight excluding hydrogens is 516 g/mol. The van der Waals surface area contributed by atoms with Gasteiger partial charge in [0.25, 0.3) is 0 Å². The van der Waals surface area contributed by atoms with Gasteiger partial charge in [0.05, 0.1) is 0 Å². The van der Waals surface area contributed by atoms with Crippen molar-refractivity contribution >= 4 is 12.0 Å². The minimum Gasteiger partial charge on any atom is -0.459 e. The molecule has 0 radical (unpaired) electrons. The maximum absolute atomic E-state index is 13.0. The van der Waals surface area contributed by atoms with Gasteiger partial charge in [-0.3, -0.25) is 0 Å². The standard InChI is InChI=1S/C39H58O3/c1-26(2)28-17-22-39(25-40)24-23-37(6)29(34(28)39)14-15-31-36(5)20-19-32(35(3,4)30(36)18-21-38(31,37)7)42-33(41)16-13-27-11-9-8-10-12-27/h8-13,16,26,28-32,34,40H,14-15,17-25H2,1-7H3/b16-13+/t28-,29+,30-,31+,32-,34+,36-,37+,38+,39+/m0/s1. The number of hydrogen-bond acceptors (Lipinski definition) is 3. The molecule has 0 aromatic heterocycles. The van der Waals surface area contributed by atoms with Crippen molar-refractivity contribution in [3.63, 3.8) is 0 Å². The van der Waals surface area contributed by atoms with Crippen LogP contribution in [0.25, 0.3) is 6.08 Å². The Kier molecular flexibility index (Phi) is 7.60. The van der Waals surface area contributed by atoms with Gasteiger partial charge in [0, 0.05) is 18.1 Å². The van der Waals surface area contributed by atoms with Gasteiger partial charge in [-0.15, -0.1) is 0 Å². The topological polar surface area (TPSA) is 46.5 Å². The first-order chi connectivity index (χ1) is 19.8. The van der Waals surface area contributed by atoms with Crippen LogP contribution >= 0.6 is 0 Å². The van der Waals surface area contributed by atoms with E-state index < -0.39 is 0 Å². The van der Waals surface area contributed by atoms with Gasteiger partial charge >= 0.3 is 5.97 Å². The minimum atomic E-state index is -0.208. The Labute approximate surface area is 256 Å². The maximum atomic E-state index is 13.0. The van der Waals surface area contributed by atoms with Crippen LogP contribution in [-0.4, -0.2) is 23.8 Å². The number of rotatable bonds is 5. The molecule has 1 N–H and O–H groups in total. The molecule has 232 valence electrons. The number of benzene rings is 1. The van der Waals surface area contributed by atoms with Crippen LogP contribution in [0.5, 0.6) is 0 Å². The summed E-state index contributed by atoms with van der Waals surface area (Å²) in [7, 11) is 0. The van der Waals surface area contributed by atoms with Crippen LogP contribution in [0.15, 0.2) is 36.4 Å². The monoisotopic (exact) mass is 574 g/mol. The van der Waals surface area contributed by atoms with Gasteiger partial charge in [0.2, 0.25) is 0 Å². The molecule has 5 aliphatic rings. The smallest absolute Gasteiger partial charge is 0.331 e. The zero-order chi connectivity index (χ0) is 30.1. The summed E-state index contributed by atoms with van der Waals surface area (Å²) in [5, 5.41) is 10.8. The van der Waals surface area contributed by atoms with E-state index in [0.717, 1.165) is 30.2 Å². The number of carbonyl (C=O) groups excluding carboxylic acids is 1. The van der Waals surface area contributed by atoms with Gasteiger partial charge in [0.15, 0.2) is 0 Å². The van der Waals surface area contributed by atoms with Crippen LogP contribution in [0.2, 0.25) is 0 Å². The van der Waals surface area contributed by atoms with E-state index in [1.165, 1.54) is 51.4 Å². The van der Waals surface area contributed by atoms with Gasteiger partial charge in [-0.25, -0.2) is 4.79 Å². The van der Waals surface area contributed by atoms with Crippen molar-refractivity contribution in [2.75, 3.05) is 6.61 Å². The van der Waals surface area contributed by atoms with Crippen molar-refractivity contribution < 1.29 is 14.6 Å². The quantitative estimate of drug-likeness (QED) is 0.281. The predicted molar refractivity (Wildman–Crippen MR) is 171 cm³/mol. The number of hydrogen-bond donors (Lipinski definition) is 1. The number of ether oxygens (including phenoxy) is 1. The number of carbonyl (C=O) groups is 1. The largest absolute Gasteiger partial charge is 0.459 e. The molecule has 0 unspecified atom stereocenters. The lowest BCUT2D eigenvalue weighted by Crippen LogP contribution is -2.67. The first-order valence-electron chi connectivity index (χ1n) is 17.4. The first-order valence-corrected chi connectivity index (χ1v) is 17.4. The summed E-state index contributed by atoms with van der Waals surface area (Å²) < 4.78 is 6.24. The van der Waals surface area contributed by atoms with Crippen LogP contribution in [0.1, 0.15) is 118 Å². The summed E-state index contributed by atoms with van der Waals surface area (Å²) in [5.41, 5.74) is 2.08. The Morgan fingerprint density at radius 2 is 1.62 bits per heavy atom. The number of fused-ring (bicyclic) bond motifs is 7. The summed E-state index contributed by atoms with van der Waals surface area (Å²) in [6, 6.07) is 10.0. The molecule has 0 heterocycles. The van der Waals surface area contributed by atoms with Gasteiger partial charge < -0.3 is 9.84 Å². The summed E-state index contributed by atoms with van der Waals surface area (Å²) in [6.07, 6.45) is 15.8. The fourth-order valence-corrected chi connectivity index (χ4v) is 12.9. The second-order valence-electron chi connectivity index (χ2n) is 17.2. The van der Waals surface area contributed by atoms with Crippen molar-refractivity contribution in [2.24, 2.45) is 62.6 Å². The molecule has 3 heteroatoms. The van der Waals surface area contributed by atoms with Gasteiger partial charge in [-0.05, 0) is 133 Å². The Morgan fingerprint density at radius 1 is 0.881 bits per heavy atom. The van der Waals surface area contributed by atoms with Crippen molar-refractivity contribution in [2.45, 2.75) is 119 Å². The van der Waals surface area contributed by atoms with E-state index in [2.05, 4.69) is 48.5 Å². The second kappa shape index (κ2) is 10.5. The van der Waals surface area contributed by atoms with Gasteiger partial charge in [0.1, 0.15) is 6.10 Å². The van der Waals surface area contributed by atoms with E-state index in [-0.39, 0.29) is 28.3 Å². The molecule has 3 nitrogen and oxygen atoms in total. The normalized spacial score (nSPS) is 46.0. The van der Waals surface area contributed by atoms with E-state index in [4.69, 9.17) is 4.74 Å². The van der Waals surface area contributed by atoms with Crippen LogP contribution < -0.4 is 0 Å². The van der Waals surface area contributed by atoms with Crippen LogP contribution in [-0.2, 0) is 9.53 Å². The molecule has 42 heavy (non-hydrogen) atoms. The minimum absolute atomic E-state index is 0.0371. The molecule has 1 aromatic carbocycles. The SMILES string of the molecule is CC(C)[C@@H]1CC[C@]2(CO)CC[C@]3(C)[C@H](CC[C@@H]4[C@@]5(C)CC[C@H](OC(=O)/C=C/c6ccccc6)C(C)(C)[C@@H]5CC[C@]43C)[C@@H]12. The molecular formula is C39H58O3. The summed E-state index contributed by atoms with van der Waals surface area (Å²) in [4.78, 5) is 13.0. The maximum Gasteiger partial charge on any atom is 0.331 e. The summed E-state index contributed by atoms with van der Waals surface area (Å²) in [6.45, 7) is 18.1. The molecule has 0 spiro atoms. The van der Waals surface area contributed by atoms with Gasteiger partial charge in [-0.2, -0.15) is 0 Å². The predicted octanol–water partition coefficient (Wildman–Crippen LogP) is 9.34. The lowest BCUT2D eigenvalue weighted by molar-refractivity contribution is -0.252. The number of esters is 1. The zero-order valence-electron chi connectivity index (χ0n) is 27.6. The highest BCUT2D eigenvalue weighted by molar-refractivity contribution is 5.87. The lowest BCUT2D eigenvalue weighted by atomic mass is 9.32. The van der Waals surface area contributed by atoms with Crippen LogP contribution in [0.3, 0.4) is 0 Å². The van der Waals surface area contributed by atoms with Crippen molar-refractivity contribution in [1.82, 2.24) is 0 Å². The van der Waals surface area contributed by atoms with Crippen molar-refractivity contribution in [1.29, 1.82) is 0 Å². The molecule has 5 saturated carbocycles. The number of aliphatic hydroxyl groups excluding tert-OH is 1. The van der Waals surface area contributed by atoms with Crippen LogP contribution in [0.4, 0.5) is 0 Å². The molecule has 0 amide bonds. The Morgan fingerprint density at radius 3 is 2.31 bits per heavy atom. The molecule has 10 atom stereocenters. The zero-order valence-corrected chi connectivity index (χ0v) is 27.6. The summed E-state index contributed by atoms with van der Waals surface area (Å²) in [5.74, 6) is 3.93. The van der Waals surface area contributed by atoms with E-state index in [1.54, 1.807) is 6.08 Å². The Balaban J connectivity index is 1.24. The fourth-order valence-electron chi connectivity index (χ4n) is 12.9. The van der Waals surface area contributed by atoms with E-state index in [9.17, 15) is 9.90 Å². The van der Waals surface area contributed by atoms with Crippen molar-refractivity contribution in [3.05, 3.63) is 42.0 Å². The Bertz CT molecular complexity index is 1190. The third-order valence-corrected chi connectivity index (χ3v) is 15.2. The third-order valence-electron chi connectivity index (χ3n) is 15.2. The van der Waals surface area contributed by atoms with Crippen LogP contribution in [0, 0.1) is 62.6 Å². The molecule has 5 fully saturated rings. The van der Waals surface area contributed by atoms with Crippen molar-refractivity contribution in [3.8, 4) is 0 Å².